The van der Waals surface area contributed by atoms with E-state index in [4.69, 9.17) is 0 Å². The minimum Gasteiger partial charge on any atom is -0.0978 e. The molecule has 0 saturated carbocycles. The Kier molecular flexibility index (Phi) is 4.54. The molecule has 0 aliphatic rings. The second-order valence-electron chi connectivity index (χ2n) is 3.20. The van der Waals surface area contributed by atoms with Crippen molar-refractivity contribution >= 4 is 11.8 Å². The monoisotopic (exact) mass is 204 g/mol. The zero-order valence-corrected chi connectivity index (χ0v) is 9.77. The summed E-state index contributed by atoms with van der Waals surface area (Å²) in [6.07, 6.45) is 2.14. The standard InChI is InChI=1S/C13H16S/c1-4-11(2)12(3)10-14-13-8-6-5-7-9-13/h4-10H,1-3H3/b11-4+,12-10-. The van der Waals surface area contributed by atoms with Crippen LogP contribution in [-0.4, -0.2) is 0 Å². The molecule has 0 bridgehead atoms. The summed E-state index contributed by atoms with van der Waals surface area (Å²) in [4.78, 5) is 1.29. The van der Waals surface area contributed by atoms with Crippen molar-refractivity contribution in [2.75, 3.05) is 0 Å². The Morgan fingerprint density at radius 3 is 2.29 bits per heavy atom. The van der Waals surface area contributed by atoms with Gasteiger partial charge in [-0.15, -0.1) is 0 Å². The third-order valence-electron chi connectivity index (χ3n) is 2.17. The minimum atomic E-state index is 1.29. The Bertz CT molecular complexity index is 334. The average Bonchev–Trinajstić information content (AvgIpc) is 2.26. The highest BCUT2D eigenvalue weighted by Gasteiger charge is 1.92. The number of allylic oxidation sites excluding steroid dienone is 3. The van der Waals surface area contributed by atoms with Crippen LogP contribution in [0.15, 0.2) is 57.9 Å². The Morgan fingerprint density at radius 2 is 1.71 bits per heavy atom. The summed E-state index contributed by atoms with van der Waals surface area (Å²) >= 11 is 1.77. The Morgan fingerprint density at radius 1 is 1.07 bits per heavy atom. The van der Waals surface area contributed by atoms with Gasteiger partial charge in [0.25, 0.3) is 0 Å². The van der Waals surface area contributed by atoms with Crippen molar-refractivity contribution < 1.29 is 0 Å². The predicted molar refractivity (Wildman–Crippen MR) is 65.5 cm³/mol. The van der Waals surface area contributed by atoms with Crippen LogP contribution in [0, 0.1) is 0 Å². The predicted octanol–water partition coefficient (Wildman–Crippen LogP) is 4.65. The first kappa shape index (κ1) is 11.1. The molecule has 1 aromatic carbocycles. The van der Waals surface area contributed by atoms with Gasteiger partial charge in [-0.25, -0.2) is 0 Å². The molecule has 1 aromatic rings. The Hall–Kier alpha value is -0.950. The van der Waals surface area contributed by atoms with Crippen molar-refractivity contribution in [3.05, 3.63) is 53.0 Å². The first-order valence-corrected chi connectivity index (χ1v) is 5.63. The quantitative estimate of drug-likeness (QED) is 0.510. The molecule has 0 unspecified atom stereocenters. The molecule has 1 rings (SSSR count). The first-order chi connectivity index (χ1) is 6.74. The van der Waals surface area contributed by atoms with Crippen LogP contribution in [0.2, 0.25) is 0 Å². The molecule has 0 aliphatic heterocycles. The van der Waals surface area contributed by atoms with Gasteiger partial charge in [-0.2, -0.15) is 0 Å². The van der Waals surface area contributed by atoms with Gasteiger partial charge >= 0.3 is 0 Å². The largest absolute Gasteiger partial charge is 0.0978 e. The Labute approximate surface area is 90.7 Å². The van der Waals surface area contributed by atoms with E-state index in [2.05, 4.69) is 56.5 Å². The fraction of sp³-hybridized carbons (Fsp3) is 0.231. The molecule has 0 aliphatic carbocycles. The van der Waals surface area contributed by atoms with Crippen LogP contribution in [-0.2, 0) is 0 Å². The maximum atomic E-state index is 2.20. The molecular weight excluding hydrogens is 188 g/mol. The van der Waals surface area contributed by atoms with E-state index in [9.17, 15) is 0 Å². The summed E-state index contributed by atoms with van der Waals surface area (Å²) in [5, 5.41) is 2.20. The van der Waals surface area contributed by atoms with Crippen molar-refractivity contribution in [2.45, 2.75) is 25.7 Å². The SMILES string of the molecule is C/C=C(C)/C(C)=C\Sc1ccccc1. The zero-order valence-electron chi connectivity index (χ0n) is 8.95. The summed E-state index contributed by atoms with van der Waals surface area (Å²) in [7, 11) is 0. The normalized spacial score (nSPS) is 13.1. The highest BCUT2D eigenvalue weighted by molar-refractivity contribution is 8.02. The van der Waals surface area contributed by atoms with E-state index >= 15 is 0 Å². The lowest BCUT2D eigenvalue weighted by atomic mass is 10.1. The molecule has 0 N–H and O–H groups in total. The van der Waals surface area contributed by atoms with Gasteiger partial charge in [0, 0.05) is 4.90 Å². The zero-order chi connectivity index (χ0) is 10.4. The fourth-order valence-electron chi connectivity index (χ4n) is 0.976. The molecule has 0 radical (unpaired) electrons. The number of thioether (sulfide) groups is 1. The van der Waals surface area contributed by atoms with Crippen molar-refractivity contribution in [3.63, 3.8) is 0 Å². The van der Waals surface area contributed by atoms with Crippen LogP contribution in [0.5, 0.6) is 0 Å². The Balaban J connectivity index is 2.64. The van der Waals surface area contributed by atoms with Crippen LogP contribution in [0.25, 0.3) is 0 Å². The molecule has 0 atom stereocenters. The number of hydrogen-bond donors (Lipinski definition) is 0. The molecular formula is C13H16S. The second-order valence-corrected chi connectivity index (χ2v) is 4.15. The summed E-state index contributed by atoms with van der Waals surface area (Å²) < 4.78 is 0. The molecule has 0 aromatic heterocycles. The third-order valence-corrected chi connectivity index (χ3v) is 3.19. The maximum absolute atomic E-state index is 2.20. The summed E-state index contributed by atoms with van der Waals surface area (Å²) in [5.41, 5.74) is 2.68. The maximum Gasteiger partial charge on any atom is 0.0116 e. The molecule has 1 heteroatoms. The van der Waals surface area contributed by atoms with Crippen molar-refractivity contribution in [1.29, 1.82) is 0 Å². The topological polar surface area (TPSA) is 0 Å². The number of benzene rings is 1. The average molecular weight is 204 g/mol. The van der Waals surface area contributed by atoms with Gasteiger partial charge in [-0.3, -0.25) is 0 Å². The molecule has 74 valence electrons. The number of hydrogen-bond acceptors (Lipinski definition) is 1. The van der Waals surface area contributed by atoms with Crippen molar-refractivity contribution in [2.24, 2.45) is 0 Å². The third kappa shape index (κ3) is 3.43. The fourth-order valence-corrected chi connectivity index (χ4v) is 1.79. The van der Waals surface area contributed by atoms with E-state index in [-0.39, 0.29) is 0 Å². The van der Waals surface area contributed by atoms with Crippen LogP contribution >= 0.6 is 11.8 Å². The van der Waals surface area contributed by atoms with Gasteiger partial charge < -0.3 is 0 Å². The smallest absolute Gasteiger partial charge is 0.0116 e. The van der Waals surface area contributed by atoms with Gasteiger partial charge in [0.2, 0.25) is 0 Å². The lowest BCUT2D eigenvalue weighted by Gasteiger charge is -2.00. The van der Waals surface area contributed by atoms with Crippen LogP contribution < -0.4 is 0 Å². The van der Waals surface area contributed by atoms with Crippen LogP contribution in [0.3, 0.4) is 0 Å². The van der Waals surface area contributed by atoms with Crippen molar-refractivity contribution in [3.8, 4) is 0 Å². The lowest BCUT2D eigenvalue weighted by Crippen LogP contribution is -1.76. The number of rotatable bonds is 3. The molecule has 0 nitrogen and oxygen atoms in total. The van der Waals surface area contributed by atoms with E-state index < -0.39 is 0 Å². The van der Waals surface area contributed by atoms with Gasteiger partial charge in [-0.1, -0.05) is 41.6 Å². The summed E-state index contributed by atoms with van der Waals surface area (Å²) in [5.74, 6) is 0. The van der Waals surface area contributed by atoms with Crippen LogP contribution in [0.1, 0.15) is 20.8 Å². The highest BCUT2D eigenvalue weighted by atomic mass is 32.2. The summed E-state index contributed by atoms with van der Waals surface area (Å²) in [6, 6.07) is 10.4. The molecule has 0 amide bonds. The van der Waals surface area contributed by atoms with E-state index in [0.717, 1.165) is 0 Å². The lowest BCUT2D eigenvalue weighted by molar-refractivity contribution is 1.34. The first-order valence-electron chi connectivity index (χ1n) is 4.76. The molecule has 0 heterocycles. The van der Waals surface area contributed by atoms with Gasteiger partial charge in [0.05, 0.1) is 0 Å². The minimum absolute atomic E-state index is 1.29. The van der Waals surface area contributed by atoms with E-state index in [1.165, 1.54) is 16.0 Å². The molecule has 0 saturated heterocycles. The van der Waals surface area contributed by atoms with Gasteiger partial charge in [0.15, 0.2) is 0 Å². The molecule has 14 heavy (non-hydrogen) atoms. The van der Waals surface area contributed by atoms with Crippen molar-refractivity contribution in [1.82, 2.24) is 0 Å². The highest BCUT2D eigenvalue weighted by Crippen LogP contribution is 2.22. The van der Waals surface area contributed by atoms with Crippen LogP contribution in [0.4, 0.5) is 0 Å². The molecule has 0 fully saturated rings. The van der Waals surface area contributed by atoms with E-state index in [0.29, 0.717) is 0 Å². The van der Waals surface area contributed by atoms with E-state index in [1.807, 2.05) is 6.07 Å². The van der Waals surface area contributed by atoms with E-state index in [1.54, 1.807) is 11.8 Å². The summed E-state index contributed by atoms with van der Waals surface area (Å²) in [6.45, 7) is 6.35. The van der Waals surface area contributed by atoms with Gasteiger partial charge in [-0.05, 0) is 43.9 Å². The second kappa shape index (κ2) is 5.71. The molecule has 0 spiro atoms. The van der Waals surface area contributed by atoms with Gasteiger partial charge in [0.1, 0.15) is 0 Å².